The van der Waals surface area contributed by atoms with E-state index >= 15 is 0 Å². The molecule has 2 heteroatoms. The first kappa shape index (κ1) is 15.3. The Morgan fingerprint density at radius 3 is 1.85 bits per heavy atom. The monoisotopic (exact) mass is 352 g/mol. The molecule has 0 saturated heterocycles. The second-order valence-electron chi connectivity index (χ2n) is 6.62. The standard InChI is InChI=1S/C24H16OS/c1-15-12-13-18-19(14-15)22(25)21-20(18)23(16-8-4-2-5-9-16)26-24(21)17-10-6-3-7-11-17/h2-14H,1H3. The molecule has 0 fully saturated rings. The summed E-state index contributed by atoms with van der Waals surface area (Å²) in [6.07, 6.45) is 0. The summed E-state index contributed by atoms with van der Waals surface area (Å²) in [6.45, 7) is 2.04. The number of aryl methyl sites for hydroxylation is 1. The van der Waals surface area contributed by atoms with Gasteiger partial charge in [0, 0.05) is 26.4 Å². The van der Waals surface area contributed by atoms with E-state index in [1.54, 1.807) is 11.3 Å². The summed E-state index contributed by atoms with van der Waals surface area (Å²) >= 11 is 1.72. The van der Waals surface area contributed by atoms with E-state index in [2.05, 4.69) is 48.5 Å². The number of ketones is 1. The minimum absolute atomic E-state index is 0.149. The average Bonchev–Trinajstić information content (AvgIpc) is 3.20. The Hall–Kier alpha value is -2.97. The van der Waals surface area contributed by atoms with Crippen LogP contribution in [-0.2, 0) is 0 Å². The van der Waals surface area contributed by atoms with E-state index in [1.807, 2.05) is 37.3 Å². The smallest absolute Gasteiger partial charge is 0.195 e. The molecule has 0 unspecified atom stereocenters. The van der Waals surface area contributed by atoms with Crippen molar-refractivity contribution in [2.24, 2.45) is 0 Å². The SMILES string of the molecule is Cc1ccc2c(c1)C(=O)c1c(-c3ccccc3)sc(-c3ccccc3)c1-2. The Labute approximate surface area is 156 Å². The first-order chi connectivity index (χ1) is 12.7. The van der Waals surface area contributed by atoms with Crippen molar-refractivity contribution < 1.29 is 4.79 Å². The van der Waals surface area contributed by atoms with E-state index in [0.717, 1.165) is 43.8 Å². The molecule has 1 nitrogen and oxygen atoms in total. The van der Waals surface area contributed by atoms with Crippen molar-refractivity contribution in [3.63, 3.8) is 0 Å². The minimum Gasteiger partial charge on any atom is -0.289 e. The average molecular weight is 352 g/mol. The number of carbonyl (C=O) groups is 1. The van der Waals surface area contributed by atoms with E-state index in [9.17, 15) is 4.79 Å². The van der Waals surface area contributed by atoms with E-state index in [1.165, 1.54) is 4.88 Å². The molecule has 0 N–H and O–H groups in total. The van der Waals surface area contributed by atoms with Gasteiger partial charge >= 0.3 is 0 Å². The zero-order valence-corrected chi connectivity index (χ0v) is 15.1. The number of hydrogen-bond donors (Lipinski definition) is 0. The zero-order chi connectivity index (χ0) is 17.7. The third-order valence-electron chi connectivity index (χ3n) is 4.90. The fourth-order valence-electron chi connectivity index (χ4n) is 3.69. The van der Waals surface area contributed by atoms with Crippen LogP contribution in [0.4, 0.5) is 0 Å². The van der Waals surface area contributed by atoms with Gasteiger partial charge in [-0.25, -0.2) is 0 Å². The molecule has 1 aromatic heterocycles. The summed E-state index contributed by atoms with van der Waals surface area (Å²) in [6, 6.07) is 26.8. The summed E-state index contributed by atoms with van der Waals surface area (Å²) in [5, 5.41) is 0. The van der Waals surface area contributed by atoms with Crippen molar-refractivity contribution in [1.82, 2.24) is 0 Å². The molecular weight excluding hydrogens is 336 g/mol. The van der Waals surface area contributed by atoms with Crippen LogP contribution in [0.15, 0.2) is 78.9 Å². The van der Waals surface area contributed by atoms with Gasteiger partial charge in [-0.3, -0.25) is 4.79 Å². The number of benzene rings is 3. The second-order valence-corrected chi connectivity index (χ2v) is 7.64. The number of thiophene rings is 1. The van der Waals surface area contributed by atoms with Crippen LogP contribution < -0.4 is 0 Å². The quantitative estimate of drug-likeness (QED) is 0.350. The van der Waals surface area contributed by atoms with Gasteiger partial charge in [0.1, 0.15) is 0 Å². The Kier molecular flexibility index (Phi) is 3.41. The first-order valence-corrected chi connectivity index (χ1v) is 9.49. The number of rotatable bonds is 2. The van der Waals surface area contributed by atoms with Crippen molar-refractivity contribution in [3.8, 4) is 32.0 Å². The van der Waals surface area contributed by atoms with Gasteiger partial charge in [0.2, 0.25) is 0 Å². The topological polar surface area (TPSA) is 17.1 Å². The van der Waals surface area contributed by atoms with Crippen LogP contribution in [0.25, 0.3) is 32.0 Å². The lowest BCUT2D eigenvalue weighted by atomic mass is 10.0. The Morgan fingerprint density at radius 1 is 0.654 bits per heavy atom. The molecule has 5 rings (SSSR count). The number of fused-ring (bicyclic) bond motifs is 3. The van der Waals surface area contributed by atoms with Crippen LogP contribution in [0.5, 0.6) is 0 Å². The van der Waals surface area contributed by atoms with Gasteiger partial charge in [0.25, 0.3) is 0 Å². The molecule has 3 aromatic carbocycles. The van der Waals surface area contributed by atoms with Gasteiger partial charge in [-0.1, -0.05) is 78.4 Å². The van der Waals surface area contributed by atoms with E-state index < -0.39 is 0 Å². The zero-order valence-electron chi connectivity index (χ0n) is 14.3. The van der Waals surface area contributed by atoms with Gasteiger partial charge in [-0.05, 0) is 29.7 Å². The lowest BCUT2D eigenvalue weighted by Crippen LogP contribution is -1.96. The van der Waals surface area contributed by atoms with Gasteiger partial charge in [-0.2, -0.15) is 0 Å². The predicted molar refractivity (Wildman–Crippen MR) is 109 cm³/mol. The van der Waals surface area contributed by atoms with Gasteiger partial charge in [0.05, 0.1) is 0 Å². The molecule has 0 aliphatic heterocycles. The van der Waals surface area contributed by atoms with Crippen LogP contribution >= 0.6 is 11.3 Å². The molecule has 124 valence electrons. The highest BCUT2D eigenvalue weighted by Crippen LogP contribution is 2.52. The van der Waals surface area contributed by atoms with Crippen molar-refractivity contribution in [2.75, 3.05) is 0 Å². The van der Waals surface area contributed by atoms with Crippen LogP contribution in [-0.4, -0.2) is 5.78 Å². The summed E-state index contributed by atoms with van der Waals surface area (Å²) in [5.41, 5.74) is 7.24. The molecule has 0 amide bonds. The highest BCUT2D eigenvalue weighted by molar-refractivity contribution is 7.20. The maximum Gasteiger partial charge on any atom is 0.195 e. The second kappa shape index (κ2) is 5.79. The molecule has 0 spiro atoms. The fraction of sp³-hybridized carbons (Fsp3) is 0.0417. The maximum absolute atomic E-state index is 13.3. The fourth-order valence-corrected chi connectivity index (χ4v) is 5.01. The van der Waals surface area contributed by atoms with Crippen LogP contribution in [0.3, 0.4) is 0 Å². The third kappa shape index (κ3) is 2.19. The Bertz CT molecular complexity index is 1140. The van der Waals surface area contributed by atoms with Crippen LogP contribution in [0.1, 0.15) is 21.5 Å². The van der Waals surface area contributed by atoms with E-state index in [4.69, 9.17) is 0 Å². The Balaban J connectivity index is 1.86. The minimum atomic E-state index is 0.149. The summed E-state index contributed by atoms with van der Waals surface area (Å²) in [4.78, 5) is 15.5. The van der Waals surface area contributed by atoms with E-state index in [-0.39, 0.29) is 5.78 Å². The number of hydrogen-bond acceptors (Lipinski definition) is 2. The molecule has 1 aliphatic rings. The van der Waals surface area contributed by atoms with Crippen molar-refractivity contribution in [1.29, 1.82) is 0 Å². The predicted octanol–water partition coefficient (Wildman–Crippen LogP) is 6.60. The molecule has 4 aromatic rings. The van der Waals surface area contributed by atoms with Crippen molar-refractivity contribution >= 4 is 17.1 Å². The highest BCUT2D eigenvalue weighted by Gasteiger charge is 2.34. The molecule has 0 bridgehead atoms. The molecule has 26 heavy (non-hydrogen) atoms. The first-order valence-electron chi connectivity index (χ1n) is 8.67. The summed E-state index contributed by atoms with van der Waals surface area (Å²) < 4.78 is 0. The maximum atomic E-state index is 13.3. The molecule has 0 saturated carbocycles. The molecule has 0 radical (unpaired) electrons. The summed E-state index contributed by atoms with van der Waals surface area (Å²) in [5.74, 6) is 0.149. The van der Waals surface area contributed by atoms with Gasteiger partial charge in [-0.15, -0.1) is 11.3 Å². The molecule has 0 atom stereocenters. The molecular formula is C24H16OS. The van der Waals surface area contributed by atoms with Crippen molar-refractivity contribution in [2.45, 2.75) is 6.92 Å². The van der Waals surface area contributed by atoms with Crippen LogP contribution in [0, 0.1) is 6.92 Å². The van der Waals surface area contributed by atoms with E-state index in [0.29, 0.717) is 0 Å². The van der Waals surface area contributed by atoms with Crippen LogP contribution in [0.2, 0.25) is 0 Å². The normalized spacial score (nSPS) is 12.1. The van der Waals surface area contributed by atoms with Gasteiger partial charge < -0.3 is 0 Å². The highest BCUT2D eigenvalue weighted by atomic mass is 32.1. The largest absolute Gasteiger partial charge is 0.289 e. The Morgan fingerprint density at radius 2 is 1.23 bits per heavy atom. The third-order valence-corrected chi connectivity index (χ3v) is 6.18. The number of carbonyl (C=O) groups excluding carboxylic acids is 1. The lowest BCUT2D eigenvalue weighted by Gasteiger charge is -2.05. The van der Waals surface area contributed by atoms with Gasteiger partial charge in [0.15, 0.2) is 5.78 Å². The lowest BCUT2D eigenvalue weighted by molar-refractivity contribution is 0.104. The molecule has 1 heterocycles. The molecule has 1 aliphatic carbocycles. The summed E-state index contributed by atoms with van der Waals surface area (Å²) in [7, 11) is 0. The van der Waals surface area contributed by atoms with Crippen molar-refractivity contribution in [3.05, 3.63) is 95.6 Å².